The average Bonchev–Trinajstić information content (AvgIpc) is 2.63. The molecule has 0 heteroatoms. The third-order valence-electron chi connectivity index (χ3n) is 5.39. The van der Waals surface area contributed by atoms with Crippen molar-refractivity contribution < 1.29 is 0 Å². The summed E-state index contributed by atoms with van der Waals surface area (Å²) < 4.78 is 0. The standard InChI is InChI=1S/C24H14/c1-2-7-18-17(6-1)20-13-12-15(14-23(18)20)16-10-5-11-22-19-8-3-4-9-21(19)24(16)22/h1-14H. The topological polar surface area (TPSA) is 0 Å². The summed E-state index contributed by atoms with van der Waals surface area (Å²) in [5.41, 5.74) is 13.7. The van der Waals surface area contributed by atoms with Gasteiger partial charge in [-0.05, 0) is 61.7 Å². The average molecular weight is 302 g/mol. The maximum Gasteiger partial charge on any atom is -0.00204 e. The first kappa shape index (κ1) is 12.3. The summed E-state index contributed by atoms with van der Waals surface area (Å²) in [5.74, 6) is 0. The van der Waals surface area contributed by atoms with Gasteiger partial charge in [-0.25, -0.2) is 0 Å². The second-order valence-electron chi connectivity index (χ2n) is 6.58. The molecule has 0 N–H and O–H groups in total. The summed E-state index contributed by atoms with van der Waals surface area (Å²) in [6, 6.07) is 30.9. The van der Waals surface area contributed by atoms with E-state index in [1.165, 1.54) is 55.6 Å². The van der Waals surface area contributed by atoms with E-state index in [4.69, 9.17) is 0 Å². The Morgan fingerprint density at radius 1 is 0.333 bits per heavy atom. The highest BCUT2D eigenvalue weighted by Gasteiger charge is 2.26. The van der Waals surface area contributed by atoms with Crippen LogP contribution in [0.25, 0.3) is 55.6 Å². The van der Waals surface area contributed by atoms with Gasteiger partial charge in [0.25, 0.3) is 0 Å². The number of benzene rings is 4. The first-order chi connectivity index (χ1) is 11.9. The van der Waals surface area contributed by atoms with Crippen molar-refractivity contribution in [1.82, 2.24) is 0 Å². The van der Waals surface area contributed by atoms with Crippen LogP contribution in [0.2, 0.25) is 0 Å². The van der Waals surface area contributed by atoms with Crippen LogP contribution in [-0.2, 0) is 0 Å². The Morgan fingerprint density at radius 2 is 0.875 bits per heavy atom. The van der Waals surface area contributed by atoms with Gasteiger partial charge in [0.15, 0.2) is 0 Å². The summed E-state index contributed by atoms with van der Waals surface area (Å²) in [4.78, 5) is 0. The highest BCUT2D eigenvalue weighted by Crippen LogP contribution is 2.53. The molecule has 2 aliphatic rings. The number of fused-ring (bicyclic) bond motifs is 8. The fourth-order valence-electron chi connectivity index (χ4n) is 4.24. The predicted octanol–water partition coefficient (Wildman–Crippen LogP) is 6.65. The van der Waals surface area contributed by atoms with E-state index >= 15 is 0 Å². The van der Waals surface area contributed by atoms with E-state index in [1.54, 1.807) is 0 Å². The summed E-state index contributed by atoms with van der Waals surface area (Å²) >= 11 is 0. The first-order valence-electron chi connectivity index (χ1n) is 8.39. The lowest BCUT2D eigenvalue weighted by Gasteiger charge is -2.28. The minimum absolute atomic E-state index is 1.31. The van der Waals surface area contributed by atoms with Gasteiger partial charge in [0, 0.05) is 0 Å². The normalized spacial score (nSPS) is 12.2. The Kier molecular flexibility index (Phi) is 2.18. The SMILES string of the molecule is c1ccc2c(c1)-c1ccc(-c3cccc4c3-c3ccccc3-4)cc1-2. The zero-order valence-corrected chi connectivity index (χ0v) is 13.1. The van der Waals surface area contributed by atoms with E-state index in [0.29, 0.717) is 0 Å². The van der Waals surface area contributed by atoms with Crippen molar-refractivity contribution >= 4 is 0 Å². The third kappa shape index (κ3) is 1.39. The summed E-state index contributed by atoms with van der Waals surface area (Å²) in [6.45, 7) is 0. The number of hydrogen-bond donors (Lipinski definition) is 0. The number of rotatable bonds is 1. The highest BCUT2D eigenvalue weighted by molar-refractivity contribution is 6.10. The predicted molar refractivity (Wildman–Crippen MR) is 101 cm³/mol. The largest absolute Gasteiger partial charge is 0.0616 e. The molecule has 0 heterocycles. The number of hydrogen-bond acceptors (Lipinski definition) is 0. The van der Waals surface area contributed by atoms with Crippen LogP contribution < -0.4 is 0 Å². The molecule has 2 aliphatic carbocycles. The van der Waals surface area contributed by atoms with Gasteiger partial charge in [0.05, 0.1) is 0 Å². The maximum absolute atomic E-state index is 2.36. The van der Waals surface area contributed by atoms with Crippen molar-refractivity contribution in [2.75, 3.05) is 0 Å². The molecule has 0 spiro atoms. The van der Waals surface area contributed by atoms with Gasteiger partial charge in [-0.3, -0.25) is 0 Å². The van der Waals surface area contributed by atoms with E-state index in [1.807, 2.05) is 0 Å². The highest BCUT2D eigenvalue weighted by atomic mass is 14.3. The van der Waals surface area contributed by atoms with E-state index in [-0.39, 0.29) is 0 Å². The van der Waals surface area contributed by atoms with Crippen molar-refractivity contribution in [1.29, 1.82) is 0 Å². The van der Waals surface area contributed by atoms with E-state index < -0.39 is 0 Å². The van der Waals surface area contributed by atoms with Crippen molar-refractivity contribution in [3.8, 4) is 55.6 Å². The molecule has 110 valence electrons. The quantitative estimate of drug-likeness (QED) is 0.319. The Morgan fingerprint density at radius 3 is 1.67 bits per heavy atom. The van der Waals surface area contributed by atoms with Crippen LogP contribution in [0.4, 0.5) is 0 Å². The maximum atomic E-state index is 2.36. The zero-order valence-electron chi connectivity index (χ0n) is 13.1. The second kappa shape index (κ2) is 4.24. The molecule has 0 aliphatic heterocycles. The fourth-order valence-corrected chi connectivity index (χ4v) is 4.24. The molecule has 0 saturated heterocycles. The van der Waals surface area contributed by atoms with Crippen molar-refractivity contribution in [3.63, 3.8) is 0 Å². The Hall–Kier alpha value is -3.12. The van der Waals surface area contributed by atoms with Gasteiger partial charge in [-0.1, -0.05) is 78.9 Å². The van der Waals surface area contributed by atoms with Crippen LogP contribution in [0.5, 0.6) is 0 Å². The van der Waals surface area contributed by atoms with E-state index in [0.717, 1.165) is 0 Å². The smallest absolute Gasteiger partial charge is 0.00204 e. The van der Waals surface area contributed by atoms with Crippen molar-refractivity contribution in [3.05, 3.63) is 84.9 Å². The molecule has 4 aromatic rings. The minimum atomic E-state index is 1.31. The molecule has 0 fully saturated rings. The van der Waals surface area contributed by atoms with Gasteiger partial charge in [0.1, 0.15) is 0 Å². The van der Waals surface area contributed by atoms with Crippen LogP contribution in [-0.4, -0.2) is 0 Å². The van der Waals surface area contributed by atoms with Crippen LogP contribution in [0.3, 0.4) is 0 Å². The lowest BCUT2D eigenvalue weighted by atomic mass is 9.75. The lowest BCUT2D eigenvalue weighted by Crippen LogP contribution is -2.02. The van der Waals surface area contributed by atoms with Crippen LogP contribution >= 0.6 is 0 Å². The summed E-state index contributed by atoms with van der Waals surface area (Å²) in [6.07, 6.45) is 0. The Labute approximate surface area is 141 Å². The van der Waals surface area contributed by atoms with Crippen LogP contribution in [0.15, 0.2) is 84.9 Å². The molecule has 0 nitrogen and oxygen atoms in total. The van der Waals surface area contributed by atoms with Gasteiger partial charge < -0.3 is 0 Å². The molecular weight excluding hydrogens is 288 g/mol. The molecule has 4 aromatic carbocycles. The van der Waals surface area contributed by atoms with Crippen LogP contribution in [0, 0.1) is 0 Å². The fraction of sp³-hybridized carbons (Fsp3) is 0. The van der Waals surface area contributed by atoms with E-state index in [2.05, 4.69) is 84.9 Å². The Bertz CT molecular complexity index is 1150. The van der Waals surface area contributed by atoms with Gasteiger partial charge in [0.2, 0.25) is 0 Å². The first-order valence-corrected chi connectivity index (χ1v) is 8.39. The molecule has 0 amide bonds. The van der Waals surface area contributed by atoms with Gasteiger partial charge >= 0.3 is 0 Å². The summed E-state index contributed by atoms with van der Waals surface area (Å²) in [7, 11) is 0. The molecule has 0 saturated carbocycles. The molecule has 0 unspecified atom stereocenters. The third-order valence-corrected chi connectivity index (χ3v) is 5.39. The van der Waals surface area contributed by atoms with Gasteiger partial charge in [-0.2, -0.15) is 0 Å². The summed E-state index contributed by atoms with van der Waals surface area (Å²) in [5, 5.41) is 0. The molecule has 0 radical (unpaired) electrons. The second-order valence-corrected chi connectivity index (χ2v) is 6.58. The molecule has 6 rings (SSSR count). The molecule has 0 aromatic heterocycles. The van der Waals surface area contributed by atoms with Crippen LogP contribution in [0.1, 0.15) is 0 Å². The lowest BCUT2D eigenvalue weighted by molar-refractivity contribution is 1.48. The van der Waals surface area contributed by atoms with E-state index in [9.17, 15) is 0 Å². The van der Waals surface area contributed by atoms with Gasteiger partial charge in [-0.15, -0.1) is 0 Å². The minimum Gasteiger partial charge on any atom is -0.0616 e. The Balaban J connectivity index is 1.54. The molecule has 24 heavy (non-hydrogen) atoms. The molecule has 0 bridgehead atoms. The molecular formula is C24H14. The monoisotopic (exact) mass is 302 g/mol. The molecule has 0 atom stereocenters. The van der Waals surface area contributed by atoms with Crippen molar-refractivity contribution in [2.45, 2.75) is 0 Å². The van der Waals surface area contributed by atoms with Crippen molar-refractivity contribution in [2.24, 2.45) is 0 Å². The zero-order chi connectivity index (χ0) is 15.7.